The zero-order chi connectivity index (χ0) is 20.7. The summed E-state index contributed by atoms with van der Waals surface area (Å²) < 4.78 is 78.4. The van der Waals surface area contributed by atoms with Crippen LogP contribution in [0.3, 0.4) is 0 Å². The van der Waals surface area contributed by atoms with E-state index < -0.39 is 29.2 Å². The summed E-state index contributed by atoms with van der Waals surface area (Å²) in [5, 5.41) is 0. The molecule has 6 heteroatoms. The second-order valence-electron chi connectivity index (χ2n) is 6.25. The van der Waals surface area contributed by atoms with Gasteiger partial charge in [0.25, 0.3) is 0 Å². The summed E-state index contributed by atoms with van der Waals surface area (Å²) in [7, 11) is 0. The van der Waals surface area contributed by atoms with Gasteiger partial charge in [0.15, 0.2) is 0 Å². The zero-order valence-corrected chi connectivity index (χ0v) is 15.1. The largest absolute Gasteiger partial charge is 0.409 e. The van der Waals surface area contributed by atoms with E-state index in [0.29, 0.717) is 6.08 Å². The minimum atomic E-state index is -4.68. The van der Waals surface area contributed by atoms with Gasteiger partial charge in [0.05, 0.1) is 5.56 Å². The van der Waals surface area contributed by atoms with Gasteiger partial charge in [0.2, 0.25) is 0 Å². The third-order valence-electron chi connectivity index (χ3n) is 3.96. The topological polar surface area (TPSA) is 0 Å². The van der Waals surface area contributed by atoms with Crippen molar-refractivity contribution in [2.24, 2.45) is 0 Å². The quantitative estimate of drug-likeness (QED) is 0.296. The molecule has 0 spiro atoms. The van der Waals surface area contributed by atoms with E-state index in [1.54, 1.807) is 6.07 Å². The summed E-state index contributed by atoms with van der Waals surface area (Å²) in [5.41, 5.74) is -0.00781. The maximum atomic E-state index is 14.1. The Morgan fingerprint density at radius 1 is 0.893 bits per heavy atom. The Morgan fingerprint density at radius 3 is 2.14 bits per heavy atom. The first-order valence-electron chi connectivity index (χ1n) is 8.75. The summed E-state index contributed by atoms with van der Waals surface area (Å²) >= 11 is 0. The van der Waals surface area contributed by atoms with Crippen molar-refractivity contribution in [2.45, 2.75) is 38.8 Å². The second kappa shape index (κ2) is 9.50. The van der Waals surface area contributed by atoms with Gasteiger partial charge in [0.1, 0.15) is 17.5 Å². The van der Waals surface area contributed by atoms with Crippen LogP contribution in [0.1, 0.15) is 48.4 Å². The highest BCUT2D eigenvalue weighted by atomic mass is 19.4. The first-order chi connectivity index (χ1) is 13.2. The van der Waals surface area contributed by atoms with Crippen molar-refractivity contribution in [2.75, 3.05) is 0 Å². The lowest BCUT2D eigenvalue weighted by molar-refractivity contribution is -0.0790. The number of unbranched alkanes of at least 4 members (excludes halogenated alkanes) is 2. The Hall–Kier alpha value is -2.68. The average molecular weight is 396 g/mol. The number of rotatable bonds is 5. The molecule has 0 saturated carbocycles. The number of aryl methyl sites for hydroxylation is 1. The normalized spacial score (nSPS) is 11.5. The third-order valence-corrected chi connectivity index (χ3v) is 3.96. The van der Waals surface area contributed by atoms with E-state index in [9.17, 15) is 26.3 Å². The smallest absolute Gasteiger partial charge is 0.206 e. The lowest BCUT2D eigenvalue weighted by atomic mass is 10.0. The molecule has 0 N–H and O–H groups in total. The standard InChI is InChI=1S/C22H18F6/c1-2-3-4-5-15-6-8-17(19(23)12-15)9-7-16-13-20(24)18(21(25)14-16)10-11-22(26,27)28/h6,8,10-14H,2-5H2,1H3/b11-10+. The van der Waals surface area contributed by atoms with Crippen LogP contribution in [0.25, 0.3) is 6.08 Å². The van der Waals surface area contributed by atoms with Crippen LogP contribution in [-0.4, -0.2) is 6.18 Å². The summed E-state index contributed by atoms with van der Waals surface area (Å²) in [5.74, 6) is 2.03. The molecule has 0 bridgehead atoms. The van der Waals surface area contributed by atoms with Gasteiger partial charge >= 0.3 is 6.18 Å². The molecule has 28 heavy (non-hydrogen) atoms. The Balaban J connectivity index is 2.21. The summed E-state index contributed by atoms with van der Waals surface area (Å²) in [6.07, 6.45) is -0.803. The lowest BCUT2D eigenvalue weighted by Crippen LogP contribution is -2.01. The molecular formula is C22H18F6. The molecule has 0 unspecified atom stereocenters. The molecule has 0 radical (unpaired) electrons. The van der Waals surface area contributed by atoms with Crippen molar-refractivity contribution < 1.29 is 26.3 Å². The molecule has 0 aromatic heterocycles. The van der Waals surface area contributed by atoms with Crippen molar-refractivity contribution >= 4 is 6.08 Å². The van der Waals surface area contributed by atoms with Crippen molar-refractivity contribution in [3.63, 3.8) is 0 Å². The molecule has 0 amide bonds. The number of allylic oxidation sites excluding steroid dienone is 1. The molecule has 0 aliphatic carbocycles. The van der Waals surface area contributed by atoms with E-state index in [-0.39, 0.29) is 17.2 Å². The van der Waals surface area contributed by atoms with Crippen LogP contribution < -0.4 is 0 Å². The lowest BCUT2D eigenvalue weighted by Gasteiger charge is -2.03. The van der Waals surface area contributed by atoms with E-state index in [1.807, 2.05) is 0 Å². The zero-order valence-electron chi connectivity index (χ0n) is 15.1. The molecule has 2 aromatic rings. The molecule has 2 aromatic carbocycles. The second-order valence-corrected chi connectivity index (χ2v) is 6.25. The monoisotopic (exact) mass is 396 g/mol. The van der Waals surface area contributed by atoms with Gasteiger partial charge in [-0.25, -0.2) is 13.2 Å². The van der Waals surface area contributed by atoms with Gasteiger partial charge in [-0.2, -0.15) is 13.2 Å². The van der Waals surface area contributed by atoms with Crippen LogP contribution in [0.2, 0.25) is 0 Å². The maximum Gasteiger partial charge on any atom is 0.409 e. The molecule has 0 nitrogen and oxygen atoms in total. The van der Waals surface area contributed by atoms with E-state index in [0.717, 1.165) is 43.4 Å². The van der Waals surface area contributed by atoms with Gasteiger partial charge in [0, 0.05) is 17.2 Å². The first-order valence-corrected chi connectivity index (χ1v) is 8.75. The van der Waals surface area contributed by atoms with E-state index in [1.165, 1.54) is 12.1 Å². The maximum absolute atomic E-state index is 14.1. The highest BCUT2D eigenvalue weighted by Crippen LogP contribution is 2.22. The number of halogens is 6. The van der Waals surface area contributed by atoms with Crippen molar-refractivity contribution in [1.82, 2.24) is 0 Å². The molecule has 0 atom stereocenters. The van der Waals surface area contributed by atoms with Crippen LogP contribution in [0.5, 0.6) is 0 Å². The minimum absolute atomic E-state index is 0.0705. The number of hydrogen-bond donors (Lipinski definition) is 0. The SMILES string of the molecule is CCCCCc1ccc(C#Cc2cc(F)c(/C=C/C(F)(F)F)c(F)c2)c(F)c1. The molecule has 148 valence electrons. The predicted octanol–water partition coefficient (Wildman–Crippen LogP) is 6.81. The van der Waals surface area contributed by atoms with Gasteiger partial charge < -0.3 is 0 Å². The summed E-state index contributed by atoms with van der Waals surface area (Å²) in [6.45, 7) is 2.07. The van der Waals surface area contributed by atoms with Gasteiger partial charge in [-0.1, -0.05) is 37.7 Å². The highest BCUT2D eigenvalue weighted by Gasteiger charge is 2.22. The summed E-state index contributed by atoms with van der Waals surface area (Å²) in [4.78, 5) is 0. The number of hydrogen-bond acceptors (Lipinski definition) is 0. The van der Waals surface area contributed by atoms with Crippen molar-refractivity contribution in [3.8, 4) is 11.8 Å². The van der Waals surface area contributed by atoms with E-state index >= 15 is 0 Å². The predicted molar refractivity (Wildman–Crippen MR) is 97.1 cm³/mol. The Labute approximate surface area is 159 Å². The van der Waals surface area contributed by atoms with Crippen molar-refractivity contribution in [3.05, 3.63) is 76.1 Å². The fourth-order valence-electron chi connectivity index (χ4n) is 2.53. The fraction of sp³-hybridized carbons (Fsp3) is 0.273. The van der Waals surface area contributed by atoms with Gasteiger partial charge in [-0.15, -0.1) is 0 Å². The Kier molecular flexibility index (Phi) is 7.33. The molecule has 2 rings (SSSR count). The molecule has 0 fully saturated rings. The van der Waals surface area contributed by atoms with Crippen LogP contribution >= 0.6 is 0 Å². The Morgan fingerprint density at radius 2 is 1.57 bits per heavy atom. The van der Waals surface area contributed by atoms with E-state index in [4.69, 9.17) is 0 Å². The molecule has 0 aliphatic heterocycles. The molecule has 0 saturated heterocycles. The van der Waals surface area contributed by atoms with Crippen LogP contribution in [0.4, 0.5) is 26.3 Å². The summed E-state index contributed by atoms with van der Waals surface area (Å²) in [6, 6.07) is 6.24. The van der Waals surface area contributed by atoms with Crippen LogP contribution in [-0.2, 0) is 6.42 Å². The molecule has 0 heterocycles. The fourth-order valence-corrected chi connectivity index (χ4v) is 2.53. The van der Waals surface area contributed by atoms with Crippen molar-refractivity contribution in [1.29, 1.82) is 0 Å². The highest BCUT2D eigenvalue weighted by molar-refractivity contribution is 5.55. The molecule has 0 aliphatic rings. The van der Waals surface area contributed by atoms with E-state index in [2.05, 4.69) is 18.8 Å². The number of benzene rings is 2. The number of alkyl halides is 3. The van der Waals surface area contributed by atoms with Gasteiger partial charge in [-0.05, 0) is 48.7 Å². The average Bonchev–Trinajstić information content (AvgIpc) is 2.59. The van der Waals surface area contributed by atoms with Gasteiger partial charge in [-0.3, -0.25) is 0 Å². The Bertz CT molecular complexity index is 890. The minimum Gasteiger partial charge on any atom is -0.206 e. The first kappa shape index (κ1) is 21.6. The van der Waals surface area contributed by atoms with Crippen LogP contribution in [0.15, 0.2) is 36.4 Å². The molecular weight excluding hydrogens is 378 g/mol. The van der Waals surface area contributed by atoms with Crippen LogP contribution in [0, 0.1) is 29.3 Å². The third kappa shape index (κ3) is 6.49.